The second-order valence-electron chi connectivity index (χ2n) is 7.52. The Bertz CT molecular complexity index is 922. The maximum atomic E-state index is 14.2. The third kappa shape index (κ3) is 5.81. The molecule has 3 rings (SSSR count). The molecule has 0 fully saturated rings. The van der Waals surface area contributed by atoms with Gasteiger partial charge in [0.05, 0.1) is 19.8 Å². The highest BCUT2D eigenvalue weighted by molar-refractivity contribution is 5.34. The Labute approximate surface area is 172 Å². The summed E-state index contributed by atoms with van der Waals surface area (Å²) in [6.07, 6.45) is 0. The van der Waals surface area contributed by atoms with Gasteiger partial charge in [-0.25, -0.2) is 4.39 Å². The summed E-state index contributed by atoms with van der Waals surface area (Å²) < 4.78 is 31.3. The zero-order chi connectivity index (χ0) is 20.7. The van der Waals surface area contributed by atoms with Gasteiger partial charge in [-0.05, 0) is 54.4 Å². The van der Waals surface area contributed by atoms with Crippen LogP contribution in [0.15, 0.2) is 72.8 Å². The molecule has 3 aromatic carbocycles. The number of hydrogen-bond acceptors (Lipinski definition) is 3. The predicted molar refractivity (Wildman–Crippen MR) is 113 cm³/mol. The fourth-order valence-electron chi connectivity index (χ4n) is 3.03. The van der Waals surface area contributed by atoms with Crippen LogP contribution in [0.2, 0.25) is 0 Å². The van der Waals surface area contributed by atoms with Crippen LogP contribution in [0.3, 0.4) is 0 Å². The lowest BCUT2D eigenvalue weighted by Gasteiger charge is -2.25. The Kier molecular flexibility index (Phi) is 6.89. The molecule has 0 amide bonds. The van der Waals surface area contributed by atoms with Crippen LogP contribution in [0.25, 0.3) is 0 Å². The molecule has 0 aliphatic carbocycles. The van der Waals surface area contributed by atoms with E-state index in [1.54, 1.807) is 6.07 Å². The van der Waals surface area contributed by atoms with Crippen LogP contribution in [-0.2, 0) is 16.8 Å². The summed E-state index contributed by atoms with van der Waals surface area (Å²) in [6.45, 7) is 7.27. The van der Waals surface area contributed by atoms with Crippen molar-refractivity contribution < 1.29 is 18.6 Å². The van der Waals surface area contributed by atoms with Gasteiger partial charge in [0.1, 0.15) is 11.5 Å². The smallest absolute Gasteiger partial charge is 0.165 e. The van der Waals surface area contributed by atoms with E-state index in [2.05, 4.69) is 0 Å². The molecule has 0 aromatic heterocycles. The predicted octanol–water partition coefficient (Wildman–Crippen LogP) is 6.51. The molecule has 3 aromatic rings. The summed E-state index contributed by atoms with van der Waals surface area (Å²) in [6, 6.07) is 22.6. The van der Waals surface area contributed by atoms with Gasteiger partial charge in [-0.1, -0.05) is 50.2 Å². The topological polar surface area (TPSA) is 27.7 Å². The molecule has 29 heavy (non-hydrogen) atoms. The highest BCUT2D eigenvalue weighted by Crippen LogP contribution is 2.29. The third-order valence-electron chi connectivity index (χ3n) is 4.62. The van der Waals surface area contributed by atoms with Crippen molar-refractivity contribution in [2.24, 2.45) is 0 Å². The first-order chi connectivity index (χ1) is 14.0. The fourth-order valence-corrected chi connectivity index (χ4v) is 3.03. The number of para-hydroxylation sites is 1. The van der Waals surface area contributed by atoms with Crippen LogP contribution >= 0.6 is 0 Å². The highest BCUT2D eigenvalue weighted by Gasteiger charge is 2.22. The van der Waals surface area contributed by atoms with Gasteiger partial charge in [0, 0.05) is 5.41 Å². The SMILES string of the molecule is CCOc1ccc(C(C)(C)COCc2cccc(Oc3ccccc3)c2)cc1F. The minimum atomic E-state index is -0.344. The van der Waals surface area contributed by atoms with Gasteiger partial charge in [0.2, 0.25) is 0 Å². The van der Waals surface area contributed by atoms with E-state index in [0.29, 0.717) is 19.8 Å². The molecule has 4 heteroatoms. The van der Waals surface area contributed by atoms with Crippen molar-refractivity contribution in [2.45, 2.75) is 32.8 Å². The summed E-state index contributed by atoms with van der Waals surface area (Å²) in [5.41, 5.74) is 1.57. The van der Waals surface area contributed by atoms with Crippen LogP contribution in [0.1, 0.15) is 31.9 Å². The Hall–Kier alpha value is -2.85. The van der Waals surface area contributed by atoms with Crippen LogP contribution < -0.4 is 9.47 Å². The Morgan fingerprint density at radius 3 is 2.34 bits per heavy atom. The molecule has 0 heterocycles. The number of ether oxygens (including phenoxy) is 3. The lowest BCUT2D eigenvalue weighted by atomic mass is 9.85. The van der Waals surface area contributed by atoms with E-state index in [1.807, 2.05) is 81.4 Å². The van der Waals surface area contributed by atoms with Gasteiger partial charge in [-0.2, -0.15) is 0 Å². The molecular weight excluding hydrogens is 367 g/mol. The maximum absolute atomic E-state index is 14.2. The molecular formula is C25H27FO3. The van der Waals surface area contributed by atoms with E-state index in [4.69, 9.17) is 14.2 Å². The highest BCUT2D eigenvalue weighted by atomic mass is 19.1. The monoisotopic (exact) mass is 394 g/mol. The molecule has 0 saturated heterocycles. The first-order valence-corrected chi connectivity index (χ1v) is 9.80. The van der Waals surface area contributed by atoms with Crippen molar-refractivity contribution in [3.8, 4) is 17.2 Å². The number of hydrogen-bond donors (Lipinski definition) is 0. The third-order valence-corrected chi connectivity index (χ3v) is 4.62. The molecule has 0 atom stereocenters. The second kappa shape index (κ2) is 9.57. The first-order valence-electron chi connectivity index (χ1n) is 9.80. The first kappa shape index (κ1) is 20.9. The Morgan fingerprint density at radius 2 is 1.62 bits per heavy atom. The van der Waals surface area contributed by atoms with Gasteiger partial charge in [-0.15, -0.1) is 0 Å². The lowest BCUT2D eigenvalue weighted by molar-refractivity contribution is 0.0823. The van der Waals surface area contributed by atoms with E-state index in [9.17, 15) is 4.39 Å². The van der Waals surface area contributed by atoms with E-state index in [-0.39, 0.29) is 17.0 Å². The maximum Gasteiger partial charge on any atom is 0.165 e. The average molecular weight is 394 g/mol. The van der Waals surface area contributed by atoms with Gasteiger partial charge in [0.15, 0.2) is 11.6 Å². The van der Waals surface area contributed by atoms with Crippen LogP contribution in [-0.4, -0.2) is 13.2 Å². The zero-order valence-electron chi connectivity index (χ0n) is 17.2. The summed E-state index contributed by atoms with van der Waals surface area (Å²) in [5, 5.41) is 0. The minimum Gasteiger partial charge on any atom is -0.491 e. The van der Waals surface area contributed by atoms with Gasteiger partial charge in [-0.3, -0.25) is 0 Å². The van der Waals surface area contributed by atoms with Gasteiger partial charge < -0.3 is 14.2 Å². The molecule has 0 radical (unpaired) electrons. The second-order valence-corrected chi connectivity index (χ2v) is 7.52. The molecule has 3 nitrogen and oxygen atoms in total. The number of halogens is 1. The lowest BCUT2D eigenvalue weighted by Crippen LogP contribution is -2.24. The fraction of sp³-hybridized carbons (Fsp3) is 0.280. The normalized spacial score (nSPS) is 11.3. The molecule has 152 valence electrons. The molecule has 0 aliphatic rings. The zero-order valence-corrected chi connectivity index (χ0v) is 17.2. The number of rotatable bonds is 9. The minimum absolute atomic E-state index is 0.281. The quantitative estimate of drug-likeness (QED) is 0.414. The van der Waals surface area contributed by atoms with Crippen molar-refractivity contribution >= 4 is 0 Å². The van der Waals surface area contributed by atoms with Gasteiger partial charge >= 0.3 is 0 Å². The molecule has 0 spiro atoms. The molecule has 0 unspecified atom stereocenters. The van der Waals surface area contributed by atoms with Crippen molar-refractivity contribution in [3.05, 3.63) is 89.7 Å². The Balaban J connectivity index is 1.59. The van der Waals surface area contributed by atoms with E-state index in [0.717, 1.165) is 22.6 Å². The average Bonchev–Trinajstić information content (AvgIpc) is 2.70. The van der Waals surface area contributed by atoms with Gasteiger partial charge in [0.25, 0.3) is 0 Å². The van der Waals surface area contributed by atoms with Crippen LogP contribution in [0.5, 0.6) is 17.2 Å². The van der Waals surface area contributed by atoms with Crippen molar-refractivity contribution in [1.82, 2.24) is 0 Å². The molecule has 0 saturated carbocycles. The van der Waals surface area contributed by atoms with E-state index >= 15 is 0 Å². The van der Waals surface area contributed by atoms with Crippen LogP contribution in [0.4, 0.5) is 4.39 Å². The summed E-state index contributed by atoms with van der Waals surface area (Å²) in [4.78, 5) is 0. The summed E-state index contributed by atoms with van der Waals surface area (Å²) >= 11 is 0. The molecule has 0 bridgehead atoms. The number of benzene rings is 3. The van der Waals surface area contributed by atoms with Crippen LogP contribution in [0, 0.1) is 5.82 Å². The van der Waals surface area contributed by atoms with E-state index < -0.39 is 0 Å². The Morgan fingerprint density at radius 1 is 0.862 bits per heavy atom. The van der Waals surface area contributed by atoms with Crippen molar-refractivity contribution in [2.75, 3.05) is 13.2 Å². The summed E-state index contributed by atoms with van der Waals surface area (Å²) in [7, 11) is 0. The standard InChI is InChI=1S/C25H27FO3/c1-4-28-24-14-13-20(16-23(24)26)25(2,3)18-27-17-19-9-8-12-22(15-19)29-21-10-6-5-7-11-21/h5-16H,4,17-18H2,1-3H3. The van der Waals surface area contributed by atoms with E-state index in [1.165, 1.54) is 6.07 Å². The molecule has 0 aliphatic heterocycles. The summed E-state index contributed by atoms with van der Waals surface area (Å²) in [5.74, 6) is 1.50. The largest absolute Gasteiger partial charge is 0.491 e. The van der Waals surface area contributed by atoms with Crippen molar-refractivity contribution in [3.63, 3.8) is 0 Å². The van der Waals surface area contributed by atoms with Crippen molar-refractivity contribution in [1.29, 1.82) is 0 Å². The molecule has 0 N–H and O–H groups in total.